The molecule has 10 N–H and O–H groups in total. The molecule has 4 unspecified atom stereocenters. The standard InChI is InChI=1S/C15H20N8O8/c1-9(17-19-13-5-3-11(21(26)27)7-15(13)23(30)31)8-16-18-12-4-2-10(20(24)25)6-14(12)22(28)29/h2-8,18-24,26,28,30H,1H3. The van der Waals surface area contributed by atoms with Crippen LogP contribution in [0.5, 0.6) is 0 Å². The van der Waals surface area contributed by atoms with E-state index in [2.05, 4.69) is 21.1 Å². The molecule has 168 valence electrons. The van der Waals surface area contributed by atoms with Gasteiger partial charge < -0.3 is 20.8 Å². The largest absolute Gasteiger partial charge is 0.595 e. The number of nitrogens with zero attached hydrogens (tertiary/aromatic N) is 2. The molecule has 16 nitrogen and oxygen atoms in total. The van der Waals surface area contributed by atoms with Crippen LogP contribution in [0.25, 0.3) is 0 Å². The van der Waals surface area contributed by atoms with E-state index in [9.17, 15) is 31.2 Å². The first-order chi connectivity index (χ1) is 14.6. The molecule has 0 spiro atoms. The minimum atomic E-state index is -1.35. The molecule has 2 aromatic rings. The van der Waals surface area contributed by atoms with E-state index >= 15 is 0 Å². The number of hydrogen-bond acceptors (Lipinski definition) is 12. The van der Waals surface area contributed by atoms with Crippen LogP contribution in [-0.4, -0.2) is 32.8 Å². The Labute approximate surface area is 173 Å². The molecule has 0 saturated heterocycles. The monoisotopic (exact) mass is 440 g/mol. The van der Waals surface area contributed by atoms with E-state index in [-0.39, 0.29) is 39.8 Å². The van der Waals surface area contributed by atoms with Crippen LogP contribution < -0.4 is 31.8 Å². The van der Waals surface area contributed by atoms with E-state index in [4.69, 9.17) is 10.4 Å². The van der Waals surface area contributed by atoms with Crippen molar-refractivity contribution in [2.24, 2.45) is 10.2 Å². The van der Waals surface area contributed by atoms with Crippen molar-refractivity contribution in [1.82, 2.24) is 0 Å². The van der Waals surface area contributed by atoms with Crippen LogP contribution in [0, 0.1) is 20.8 Å². The molecule has 4 atom stereocenters. The van der Waals surface area contributed by atoms with Crippen molar-refractivity contribution >= 4 is 46.1 Å². The Morgan fingerprint density at radius 3 is 1.65 bits per heavy atom. The van der Waals surface area contributed by atoms with Gasteiger partial charge in [0.2, 0.25) is 0 Å². The maximum atomic E-state index is 11.3. The van der Waals surface area contributed by atoms with E-state index in [0.717, 1.165) is 12.1 Å². The fraction of sp³-hybridized carbons (Fsp3) is 0.0667. The molecule has 0 aliphatic carbocycles. The van der Waals surface area contributed by atoms with Gasteiger partial charge in [0.1, 0.15) is 11.4 Å². The van der Waals surface area contributed by atoms with E-state index in [1.165, 1.54) is 37.4 Å². The Bertz CT molecular complexity index is 951. The third kappa shape index (κ3) is 6.70. The van der Waals surface area contributed by atoms with Gasteiger partial charge >= 0.3 is 0 Å². The fourth-order valence-electron chi connectivity index (χ4n) is 2.28. The maximum absolute atomic E-state index is 11.3. The summed E-state index contributed by atoms with van der Waals surface area (Å²) in [5.41, 5.74) is 4.33. The number of anilines is 2. The average Bonchev–Trinajstić information content (AvgIpc) is 2.71. The van der Waals surface area contributed by atoms with Gasteiger partial charge in [-0.05, 0) is 19.1 Å². The molecular formula is C15H20N8O8. The summed E-state index contributed by atoms with van der Waals surface area (Å²) in [6.07, 6.45) is 1.20. The Morgan fingerprint density at radius 1 is 0.774 bits per heavy atom. The maximum Gasteiger partial charge on any atom is 0.195 e. The van der Waals surface area contributed by atoms with Gasteiger partial charge in [0.25, 0.3) is 0 Å². The Kier molecular flexibility index (Phi) is 8.41. The van der Waals surface area contributed by atoms with Crippen LogP contribution >= 0.6 is 0 Å². The lowest BCUT2D eigenvalue weighted by molar-refractivity contribution is -0.996. The summed E-state index contributed by atoms with van der Waals surface area (Å²) in [6, 6.07) is 6.90. The number of quaternary nitrogens is 4. The third-order valence-electron chi connectivity index (χ3n) is 3.78. The average molecular weight is 440 g/mol. The molecule has 0 aromatic heterocycles. The smallest absolute Gasteiger partial charge is 0.195 e. The van der Waals surface area contributed by atoms with E-state index < -0.39 is 20.9 Å². The first kappa shape index (κ1) is 24.2. The van der Waals surface area contributed by atoms with Crippen molar-refractivity contribution in [3.05, 3.63) is 57.2 Å². The lowest BCUT2D eigenvalue weighted by Crippen LogP contribution is -3.00. The zero-order chi connectivity index (χ0) is 23.1. The van der Waals surface area contributed by atoms with Crippen LogP contribution in [0.1, 0.15) is 6.92 Å². The molecule has 0 radical (unpaired) electrons. The molecule has 0 saturated carbocycles. The number of rotatable bonds is 9. The zero-order valence-corrected chi connectivity index (χ0v) is 15.9. The summed E-state index contributed by atoms with van der Waals surface area (Å²) in [5.74, 6) is 0. The first-order valence-corrected chi connectivity index (χ1v) is 8.40. The van der Waals surface area contributed by atoms with Gasteiger partial charge in [-0.2, -0.15) is 31.1 Å². The number of hydrazone groups is 2. The molecule has 0 heterocycles. The summed E-state index contributed by atoms with van der Waals surface area (Å²) in [4.78, 5) is 0. The second-order valence-corrected chi connectivity index (χ2v) is 5.98. The van der Waals surface area contributed by atoms with Gasteiger partial charge in [-0.15, -0.1) is 0 Å². The van der Waals surface area contributed by atoms with Crippen molar-refractivity contribution in [3.63, 3.8) is 0 Å². The summed E-state index contributed by atoms with van der Waals surface area (Å²) >= 11 is 0. The Morgan fingerprint density at radius 2 is 1.23 bits per heavy atom. The molecule has 0 fully saturated rings. The topological polar surface area (TPSA) is 240 Å². The molecule has 2 aromatic carbocycles. The number of nitrogens with one attached hydrogen (secondary N) is 6. The van der Waals surface area contributed by atoms with E-state index in [1.54, 1.807) is 0 Å². The molecule has 16 heteroatoms. The van der Waals surface area contributed by atoms with Crippen molar-refractivity contribution in [2.45, 2.75) is 6.92 Å². The van der Waals surface area contributed by atoms with Gasteiger partial charge in [0, 0.05) is 12.1 Å². The molecular weight excluding hydrogens is 420 g/mol. The quantitative estimate of drug-likeness (QED) is 0.142. The molecule has 0 bridgehead atoms. The van der Waals surface area contributed by atoms with Crippen molar-refractivity contribution in [3.8, 4) is 0 Å². The van der Waals surface area contributed by atoms with Gasteiger partial charge in [-0.3, -0.25) is 10.9 Å². The first-order valence-electron chi connectivity index (χ1n) is 8.40. The summed E-state index contributed by atoms with van der Waals surface area (Å²) in [7, 11) is 0. The number of hydrogen-bond donors (Lipinski definition) is 10. The lowest BCUT2D eigenvalue weighted by atomic mass is 10.2. The van der Waals surface area contributed by atoms with Gasteiger partial charge in [0.05, 0.1) is 24.1 Å². The zero-order valence-electron chi connectivity index (χ0n) is 15.9. The molecule has 2 rings (SSSR count). The normalized spacial score (nSPS) is 16.1. The highest BCUT2D eigenvalue weighted by molar-refractivity contribution is 6.29. The van der Waals surface area contributed by atoms with Gasteiger partial charge in [-0.1, -0.05) is 0 Å². The minimum Gasteiger partial charge on any atom is -0.595 e. The van der Waals surface area contributed by atoms with Crippen molar-refractivity contribution in [2.75, 3.05) is 10.9 Å². The van der Waals surface area contributed by atoms with E-state index in [1.807, 2.05) is 0 Å². The third-order valence-corrected chi connectivity index (χ3v) is 3.78. The van der Waals surface area contributed by atoms with Gasteiger partial charge in [-0.25, -0.2) is 20.8 Å². The minimum absolute atomic E-state index is 0.0481. The molecule has 31 heavy (non-hydrogen) atoms. The summed E-state index contributed by atoms with van der Waals surface area (Å²) in [6.45, 7) is 1.51. The van der Waals surface area contributed by atoms with Crippen molar-refractivity contribution < 1.29 is 41.7 Å². The number of benzene rings is 2. The van der Waals surface area contributed by atoms with Gasteiger partial charge in [0.15, 0.2) is 22.7 Å². The lowest BCUT2D eigenvalue weighted by Gasteiger charge is -2.18. The van der Waals surface area contributed by atoms with Crippen LogP contribution in [0.3, 0.4) is 0 Å². The highest BCUT2D eigenvalue weighted by Crippen LogP contribution is 2.21. The highest BCUT2D eigenvalue weighted by atomic mass is 16.8. The van der Waals surface area contributed by atoms with E-state index in [0.29, 0.717) is 0 Å². The van der Waals surface area contributed by atoms with Crippen LogP contribution in [0.2, 0.25) is 0 Å². The highest BCUT2D eigenvalue weighted by Gasteiger charge is 2.14. The second-order valence-electron chi connectivity index (χ2n) is 5.98. The molecule has 0 amide bonds. The fourth-order valence-corrected chi connectivity index (χ4v) is 2.28. The van der Waals surface area contributed by atoms with Crippen molar-refractivity contribution in [1.29, 1.82) is 0 Å². The predicted molar refractivity (Wildman–Crippen MR) is 105 cm³/mol. The molecule has 0 aliphatic rings. The van der Waals surface area contributed by atoms with Crippen LogP contribution in [0.15, 0.2) is 46.6 Å². The van der Waals surface area contributed by atoms with Crippen LogP contribution in [-0.2, 0) is 0 Å². The molecule has 0 aliphatic heterocycles. The predicted octanol–water partition coefficient (Wildman–Crippen LogP) is -2.81. The summed E-state index contributed by atoms with van der Waals surface area (Å²) < 4.78 is 0. The SMILES string of the molecule is CC(C=NNc1ccc([NH+]([O-])O)cc1[NH+]([O-])O)=NNc1ccc([NH+]([O-])O)cc1[NH+]([O-])O. The second kappa shape index (κ2) is 10.8. The Hall–Kier alpha value is -3.10. The Balaban J connectivity index is 2.11. The van der Waals surface area contributed by atoms with Crippen LogP contribution in [0.4, 0.5) is 34.1 Å². The summed E-state index contributed by atoms with van der Waals surface area (Å²) in [5, 5.41) is 83.4.